The molecular formula is C15H22ClN3O4. The Balaban J connectivity index is 2.20. The van der Waals surface area contributed by atoms with E-state index in [1.807, 2.05) is 13.8 Å². The average Bonchev–Trinajstić information content (AvgIpc) is 2.49. The topological polar surface area (TPSA) is 88.7 Å². The molecule has 0 aliphatic carbocycles. The van der Waals surface area contributed by atoms with Crippen molar-refractivity contribution in [3.8, 4) is 5.75 Å². The minimum Gasteiger partial charge on any atom is -0.473 e. The number of carbonyl (C=O) groups excluding carboxylic acids is 2. The van der Waals surface area contributed by atoms with Gasteiger partial charge in [0, 0.05) is 18.1 Å². The van der Waals surface area contributed by atoms with Crippen LogP contribution in [0.15, 0.2) is 12.1 Å². The molecule has 0 heterocycles. The second kappa shape index (κ2) is 9.78. The third-order valence-corrected chi connectivity index (χ3v) is 3.43. The number of halogens is 1. The molecule has 0 unspecified atom stereocenters. The fourth-order valence-corrected chi connectivity index (χ4v) is 1.87. The first-order chi connectivity index (χ1) is 10.9. The molecule has 0 radical (unpaired) electrons. The summed E-state index contributed by atoms with van der Waals surface area (Å²) in [5.74, 6) is 0.633. The standard InChI is InChI=1S/C15H22ClN3O4/c1-4-22-15(21)18-6-5-17-14(20)19-9-23-12-7-10(2)13(16)11(3)8-12/h7-8H,4-6,9H2,1-3H3,(H,18,21)(H2,17,19,20). The summed E-state index contributed by atoms with van der Waals surface area (Å²) in [4.78, 5) is 22.5. The van der Waals surface area contributed by atoms with E-state index < -0.39 is 12.1 Å². The summed E-state index contributed by atoms with van der Waals surface area (Å²) in [5, 5.41) is 8.32. The largest absolute Gasteiger partial charge is 0.473 e. The minimum atomic E-state index is -0.508. The summed E-state index contributed by atoms with van der Waals surface area (Å²) in [6, 6.07) is 3.22. The van der Waals surface area contributed by atoms with Gasteiger partial charge < -0.3 is 25.4 Å². The van der Waals surface area contributed by atoms with Gasteiger partial charge in [0.05, 0.1) is 6.61 Å². The highest BCUT2D eigenvalue weighted by Gasteiger charge is 2.05. The average molecular weight is 344 g/mol. The molecule has 0 spiro atoms. The lowest BCUT2D eigenvalue weighted by molar-refractivity contribution is 0.152. The molecule has 0 aliphatic rings. The maximum atomic E-state index is 11.5. The fourth-order valence-electron chi connectivity index (χ4n) is 1.76. The fraction of sp³-hybridized carbons (Fsp3) is 0.467. The molecule has 7 nitrogen and oxygen atoms in total. The number of amides is 3. The zero-order valence-electron chi connectivity index (χ0n) is 13.5. The van der Waals surface area contributed by atoms with Gasteiger partial charge in [0.25, 0.3) is 0 Å². The van der Waals surface area contributed by atoms with Crippen molar-refractivity contribution < 1.29 is 19.1 Å². The van der Waals surface area contributed by atoms with Gasteiger partial charge in [0.2, 0.25) is 0 Å². The Bertz CT molecular complexity index is 529. The van der Waals surface area contributed by atoms with Gasteiger partial charge in [0.15, 0.2) is 6.73 Å². The highest BCUT2D eigenvalue weighted by Crippen LogP contribution is 2.25. The Kier molecular flexibility index (Phi) is 8.04. The molecule has 3 N–H and O–H groups in total. The van der Waals surface area contributed by atoms with Crippen molar-refractivity contribution in [2.75, 3.05) is 26.4 Å². The van der Waals surface area contributed by atoms with Crippen LogP contribution in [0.25, 0.3) is 0 Å². The van der Waals surface area contributed by atoms with Crippen molar-refractivity contribution in [2.24, 2.45) is 0 Å². The summed E-state index contributed by atoms with van der Waals surface area (Å²) < 4.78 is 10.1. The summed E-state index contributed by atoms with van der Waals surface area (Å²) in [5.41, 5.74) is 1.83. The SMILES string of the molecule is CCOC(=O)NCCNC(=O)NCOc1cc(C)c(Cl)c(C)c1. The zero-order chi connectivity index (χ0) is 17.2. The molecule has 128 valence electrons. The lowest BCUT2D eigenvalue weighted by Gasteiger charge is -2.11. The second-order valence-corrected chi connectivity index (χ2v) is 5.12. The lowest BCUT2D eigenvalue weighted by atomic mass is 10.1. The monoisotopic (exact) mass is 343 g/mol. The van der Waals surface area contributed by atoms with Gasteiger partial charge in [-0.1, -0.05) is 11.6 Å². The van der Waals surface area contributed by atoms with Gasteiger partial charge in [-0.05, 0) is 44.0 Å². The maximum absolute atomic E-state index is 11.5. The van der Waals surface area contributed by atoms with E-state index in [1.54, 1.807) is 19.1 Å². The third kappa shape index (κ3) is 7.10. The van der Waals surface area contributed by atoms with Crippen LogP contribution >= 0.6 is 11.6 Å². The number of carbonyl (C=O) groups is 2. The van der Waals surface area contributed by atoms with Crippen molar-refractivity contribution in [1.29, 1.82) is 0 Å². The van der Waals surface area contributed by atoms with Crippen LogP contribution in [-0.4, -0.2) is 38.6 Å². The van der Waals surface area contributed by atoms with Crippen molar-refractivity contribution in [3.05, 3.63) is 28.3 Å². The molecule has 23 heavy (non-hydrogen) atoms. The number of hydrogen-bond acceptors (Lipinski definition) is 4. The van der Waals surface area contributed by atoms with E-state index in [0.29, 0.717) is 17.4 Å². The van der Waals surface area contributed by atoms with E-state index >= 15 is 0 Å². The molecular weight excluding hydrogens is 322 g/mol. The van der Waals surface area contributed by atoms with Crippen LogP contribution in [-0.2, 0) is 4.74 Å². The predicted molar refractivity (Wildman–Crippen MR) is 88.0 cm³/mol. The van der Waals surface area contributed by atoms with E-state index in [0.717, 1.165) is 11.1 Å². The zero-order valence-corrected chi connectivity index (χ0v) is 14.3. The Morgan fingerprint density at radius 3 is 2.30 bits per heavy atom. The molecule has 1 aromatic rings. The molecule has 0 bridgehead atoms. The Morgan fingerprint density at radius 1 is 1.09 bits per heavy atom. The third-order valence-electron chi connectivity index (χ3n) is 2.84. The molecule has 0 aromatic heterocycles. The van der Waals surface area contributed by atoms with E-state index in [4.69, 9.17) is 16.3 Å². The molecule has 8 heteroatoms. The van der Waals surface area contributed by atoms with Gasteiger partial charge in [0.1, 0.15) is 5.75 Å². The van der Waals surface area contributed by atoms with Gasteiger partial charge in [-0.2, -0.15) is 0 Å². The molecule has 0 saturated carbocycles. The summed E-state index contributed by atoms with van der Waals surface area (Å²) in [7, 11) is 0. The van der Waals surface area contributed by atoms with Crippen LogP contribution in [0.4, 0.5) is 9.59 Å². The van der Waals surface area contributed by atoms with E-state index in [-0.39, 0.29) is 19.8 Å². The van der Waals surface area contributed by atoms with Gasteiger partial charge in [-0.3, -0.25) is 0 Å². The number of hydrogen-bond donors (Lipinski definition) is 3. The number of ether oxygens (including phenoxy) is 2. The van der Waals surface area contributed by atoms with Gasteiger partial charge in [-0.25, -0.2) is 9.59 Å². The van der Waals surface area contributed by atoms with Crippen LogP contribution in [0.2, 0.25) is 5.02 Å². The number of benzene rings is 1. The Hall–Kier alpha value is -2.15. The molecule has 0 atom stereocenters. The summed E-state index contributed by atoms with van der Waals surface area (Å²) in [6.07, 6.45) is -0.508. The molecule has 0 saturated heterocycles. The molecule has 3 amide bonds. The Labute approximate surface area is 140 Å². The molecule has 1 rings (SSSR count). The van der Waals surface area contributed by atoms with Crippen molar-refractivity contribution in [3.63, 3.8) is 0 Å². The quantitative estimate of drug-likeness (QED) is 0.523. The first kappa shape index (κ1) is 18.9. The minimum absolute atomic E-state index is 0.0254. The summed E-state index contributed by atoms with van der Waals surface area (Å²) >= 11 is 6.07. The highest BCUT2D eigenvalue weighted by atomic mass is 35.5. The predicted octanol–water partition coefficient (Wildman–Crippen LogP) is 2.34. The Morgan fingerprint density at radius 2 is 1.70 bits per heavy atom. The first-order valence-corrected chi connectivity index (χ1v) is 7.63. The number of nitrogens with one attached hydrogen (secondary N) is 3. The van der Waals surface area contributed by atoms with Crippen LogP contribution < -0.4 is 20.7 Å². The normalized spacial score (nSPS) is 9.91. The number of alkyl carbamates (subject to hydrolysis) is 1. The van der Waals surface area contributed by atoms with Crippen molar-refractivity contribution in [2.45, 2.75) is 20.8 Å². The maximum Gasteiger partial charge on any atom is 0.407 e. The lowest BCUT2D eigenvalue weighted by Crippen LogP contribution is -2.41. The second-order valence-electron chi connectivity index (χ2n) is 4.74. The van der Waals surface area contributed by atoms with Crippen LogP contribution in [0.5, 0.6) is 5.75 Å². The molecule has 1 aromatic carbocycles. The van der Waals surface area contributed by atoms with Crippen LogP contribution in [0.3, 0.4) is 0 Å². The summed E-state index contributed by atoms with van der Waals surface area (Å²) in [6.45, 7) is 6.39. The molecule has 0 fully saturated rings. The highest BCUT2D eigenvalue weighted by molar-refractivity contribution is 6.32. The van der Waals surface area contributed by atoms with Crippen molar-refractivity contribution in [1.82, 2.24) is 16.0 Å². The van der Waals surface area contributed by atoms with Crippen LogP contribution in [0, 0.1) is 13.8 Å². The van der Waals surface area contributed by atoms with Crippen LogP contribution in [0.1, 0.15) is 18.1 Å². The van der Waals surface area contributed by atoms with Gasteiger partial charge >= 0.3 is 12.1 Å². The van der Waals surface area contributed by atoms with E-state index in [1.165, 1.54) is 0 Å². The van der Waals surface area contributed by atoms with E-state index in [9.17, 15) is 9.59 Å². The number of rotatable bonds is 7. The van der Waals surface area contributed by atoms with E-state index in [2.05, 4.69) is 20.7 Å². The number of urea groups is 1. The smallest absolute Gasteiger partial charge is 0.407 e. The van der Waals surface area contributed by atoms with Crippen molar-refractivity contribution >= 4 is 23.7 Å². The molecule has 0 aliphatic heterocycles. The first-order valence-electron chi connectivity index (χ1n) is 7.26. The van der Waals surface area contributed by atoms with Gasteiger partial charge in [-0.15, -0.1) is 0 Å². The number of aryl methyl sites for hydroxylation is 2.